The van der Waals surface area contributed by atoms with Crippen LogP contribution in [0.15, 0.2) is 18.2 Å². The standard InChI is InChI=1S/C13H15FO4/c1-8(16)17-11-5-3-10(14)6-9(11)2-4-12-13(7-15)18-12/h3,5-6,12-13,15H,2,4,7H2,1H3. The average molecular weight is 254 g/mol. The fourth-order valence-electron chi connectivity index (χ4n) is 1.89. The highest BCUT2D eigenvalue weighted by atomic mass is 19.1. The molecule has 5 heteroatoms. The van der Waals surface area contributed by atoms with Gasteiger partial charge in [-0.3, -0.25) is 4.79 Å². The molecule has 0 saturated carbocycles. The summed E-state index contributed by atoms with van der Waals surface area (Å²) in [6.45, 7) is 1.31. The number of halogens is 1. The van der Waals surface area contributed by atoms with Crippen molar-refractivity contribution >= 4 is 5.97 Å². The van der Waals surface area contributed by atoms with Gasteiger partial charge in [-0.1, -0.05) is 0 Å². The third-order valence-electron chi connectivity index (χ3n) is 2.84. The van der Waals surface area contributed by atoms with Gasteiger partial charge in [-0.25, -0.2) is 4.39 Å². The molecule has 0 aliphatic carbocycles. The Labute approximate surface area is 104 Å². The molecule has 1 fully saturated rings. The first-order valence-electron chi connectivity index (χ1n) is 5.83. The first kappa shape index (κ1) is 13.0. The van der Waals surface area contributed by atoms with E-state index in [-0.39, 0.29) is 24.6 Å². The van der Waals surface area contributed by atoms with Crippen LogP contribution in [0.5, 0.6) is 5.75 Å². The van der Waals surface area contributed by atoms with E-state index in [1.54, 1.807) is 0 Å². The molecule has 1 aromatic carbocycles. The first-order chi connectivity index (χ1) is 8.60. The molecule has 1 aliphatic heterocycles. The van der Waals surface area contributed by atoms with Crippen LogP contribution in [0, 0.1) is 5.82 Å². The van der Waals surface area contributed by atoms with Gasteiger partial charge in [0.25, 0.3) is 0 Å². The van der Waals surface area contributed by atoms with Gasteiger partial charge in [0.2, 0.25) is 0 Å². The maximum absolute atomic E-state index is 13.2. The summed E-state index contributed by atoms with van der Waals surface area (Å²) in [6.07, 6.45) is 1.13. The van der Waals surface area contributed by atoms with Crippen LogP contribution in [0.4, 0.5) is 4.39 Å². The molecule has 2 unspecified atom stereocenters. The summed E-state index contributed by atoms with van der Waals surface area (Å²) in [5.41, 5.74) is 0.636. The van der Waals surface area contributed by atoms with Gasteiger partial charge in [-0.15, -0.1) is 0 Å². The van der Waals surface area contributed by atoms with Crippen molar-refractivity contribution in [3.8, 4) is 5.75 Å². The summed E-state index contributed by atoms with van der Waals surface area (Å²) in [7, 11) is 0. The number of carbonyl (C=O) groups excluding carboxylic acids is 1. The molecule has 0 amide bonds. The normalized spacial score (nSPS) is 21.7. The molecule has 0 aromatic heterocycles. The molecule has 1 N–H and O–H groups in total. The molecule has 0 radical (unpaired) electrons. The minimum atomic E-state index is -0.432. The molecule has 2 atom stereocenters. The highest BCUT2D eigenvalue weighted by Gasteiger charge is 2.37. The molecular formula is C13H15FO4. The Morgan fingerprint density at radius 2 is 2.28 bits per heavy atom. The maximum atomic E-state index is 13.2. The first-order valence-corrected chi connectivity index (χ1v) is 5.83. The predicted octanol–water partition coefficient (Wildman–Crippen LogP) is 1.44. The molecule has 98 valence electrons. The van der Waals surface area contributed by atoms with Gasteiger partial charge >= 0.3 is 5.97 Å². The number of aryl methyl sites for hydroxylation is 1. The number of hydrogen-bond acceptors (Lipinski definition) is 4. The molecule has 1 heterocycles. The predicted molar refractivity (Wildman–Crippen MR) is 61.8 cm³/mol. The van der Waals surface area contributed by atoms with Crippen molar-refractivity contribution in [3.05, 3.63) is 29.6 Å². The molecule has 1 saturated heterocycles. The molecule has 0 spiro atoms. The number of aliphatic hydroxyl groups excluding tert-OH is 1. The largest absolute Gasteiger partial charge is 0.426 e. The lowest BCUT2D eigenvalue weighted by Gasteiger charge is -2.08. The van der Waals surface area contributed by atoms with Crippen molar-refractivity contribution in [1.29, 1.82) is 0 Å². The Morgan fingerprint density at radius 1 is 1.50 bits per heavy atom. The van der Waals surface area contributed by atoms with Crippen LogP contribution in [0.25, 0.3) is 0 Å². The lowest BCUT2D eigenvalue weighted by atomic mass is 10.1. The Kier molecular flexibility index (Phi) is 3.93. The Balaban J connectivity index is 2.00. The van der Waals surface area contributed by atoms with Crippen LogP contribution in [0.3, 0.4) is 0 Å². The summed E-state index contributed by atoms with van der Waals surface area (Å²) >= 11 is 0. The summed E-state index contributed by atoms with van der Waals surface area (Å²) in [5.74, 6) is -0.416. The molecule has 1 aliphatic rings. The molecule has 4 nitrogen and oxygen atoms in total. The number of benzene rings is 1. The highest BCUT2D eigenvalue weighted by Crippen LogP contribution is 2.29. The number of esters is 1. The van der Waals surface area contributed by atoms with Crippen molar-refractivity contribution < 1.29 is 23.8 Å². The smallest absolute Gasteiger partial charge is 0.308 e. The zero-order chi connectivity index (χ0) is 13.1. The Morgan fingerprint density at radius 3 is 2.89 bits per heavy atom. The van der Waals surface area contributed by atoms with E-state index in [4.69, 9.17) is 14.6 Å². The van der Waals surface area contributed by atoms with E-state index in [0.717, 1.165) is 0 Å². The van der Waals surface area contributed by atoms with Gasteiger partial charge in [0.15, 0.2) is 0 Å². The molecule has 1 aromatic rings. The second-order valence-electron chi connectivity index (χ2n) is 4.28. The zero-order valence-electron chi connectivity index (χ0n) is 10.1. The molecule has 18 heavy (non-hydrogen) atoms. The summed E-state index contributed by atoms with van der Waals surface area (Å²) < 4.78 is 23.4. The molecule has 0 bridgehead atoms. The summed E-state index contributed by atoms with van der Waals surface area (Å²) in [6, 6.07) is 4.06. The monoisotopic (exact) mass is 254 g/mol. The van der Waals surface area contributed by atoms with E-state index in [0.29, 0.717) is 24.2 Å². The van der Waals surface area contributed by atoms with Crippen molar-refractivity contribution in [3.63, 3.8) is 0 Å². The van der Waals surface area contributed by atoms with Gasteiger partial charge < -0.3 is 14.6 Å². The van der Waals surface area contributed by atoms with Gasteiger partial charge in [0.05, 0.1) is 12.7 Å². The van der Waals surface area contributed by atoms with Crippen LogP contribution in [-0.4, -0.2) is 29.9 Å². The van der Waals surface area contributed by atoms with E-state index in [1.807, 2.05) is 0 Å². The maximum Gasteiger partial charge on any atom is 0.308 e. The van der Waals surface area contributed by atoms with Crippen LogP contribution in [0.2, 0.25) is 0 Å². The fourth-order valence-corrected chi connectivity index (χ4v) is 1.89. The quantitative estimate of drug-likeness (QED) is 0.491. The number of carbonyl (C=O) groups is 1. The summed E-state index contributed by atoms with van der Waals surface area (Å²) in [4.78, 5) is 10.9. The minimum Gasteiger partial charge on any atom is -0.426 e. The molecule has 2 rings (SSSR count). The van der Waals surface area contributed by atoms with Crippen LogP contribution in [0.1, 0.15) is 18.9 Å². The third-order valence-corrected chi connectivity index (χ3v) is 2.84. The minimum absolute atomic E-state index is 0.00458. The average Bonchev–Trinajstić information content (AvgIpc) is 3.07. The molecular weight excluding hydrogens is 239 g/mol. The highest BCUT2D eigenvalue weighted by molar-refractivity contribution is 5.69. The van der Waals surface area contributed by atoms with Gasteiger partial charge in [0, 0.05) is 6.92 Å². The topological polar surface area (TPSA) is 59.1 Å². The fraction of sp³-hybridized carbons (Fsp3) is 0.462. The van der Waals surface area contributed by atoms with E-state index in [2.05, 4.69) is 0 Å². The number of rotatable bonds is 5. The van der Waals surface area contributed by atoms with Crippen LogP contribution >= 0.6 is 0 Å². The number of ether oxygens (including phenoxy) is 2. The van der Waals surface area contributed by atoms with Gasteiger partial charge in [-0.05, 0) is 36.6 Å². The van der Waals surface area contributed by atoms with Crippen LogP contribution < -0.4 is 4.74 Å². The van der Waals surface area contributed by atoms with Gasteiger partial charge in [0.1, 0.15) is 17.7 Å². The SMILES string of the molecule is CC(=O)Oc1ccc(F)cc1CCC1OC1CO. The lowest BCUT2D eigenvalue weighted by Crippen LogP contribution is -2.06. The number of hydrogen-bond donors (Lipinski definition) is 1. The second kappa shape index (κ2) is 5.46. The number of epoxide rings is 1. The van der Waals surface area contributed by atoms with Crippen molar-refractivity contribution in [2.24, 2.45) is 0 Å². The van der Waals surface area contributed by atoms with E-state index >= 15 is 0 Å². The van der Waals surface area contributed by atoms with E-state index in [9.17, 15) is 9.18 Å². The van der Waals surface area contributed by atoms with Crippen molar-refractivity contribution in [2.45, 2.75) is 32.0 Å². The number of aliphatic hydroxyl groups is 1. The Hall–Kier alpha value is -1.46. The lowest BCUT2D eigenvalue weighted by molar-refractivity contribution is -0.131. The van der Waals surface area contributed by atoms with Crippen LogP contribution in [-0.2, 0) is 16.0 Å². The second-order valence-corrected chi connectivity index (χ2v) is 4.28. The van der Waals surface area contributed by atoms with E-state index < -0.39 is 5.97 Å². The zero-order valence-corrected chi connectivity index (χ0v) is 10.1. The summed E-state index contributed by atoms with van der Waals surface area (Å²) in [5, 5.41) is 8.84. The Bertz CT molecular complexity index is 447. The third kappa shape index (κ3) is 3.27. The van der Waals surface area contributed by atoms with E-state index in [1.165, 1.54) is 25.1 Å². The van der Waals surface area contributed by atoms with Crippen molar-refractivity contribution in [1.82, 2.24) is 0 Å². The van der Waals surface area contributed by atoms with Crippen molar-refractivity contribution in [2.75, 3.05) is 6.61 Å². The van der Waals surface area contributed by atoms with Gasteiger partial charge in [-0.2, -0.15) is 0 Å².